The Bertz CT molecular complexity index is 511. The van der Waals surface area contributed by atoms with Crippen LogP contribution in [0.2, 0.25) is 0 Å². The van der Waals surface area contributed by atoms with Gasteiger partial charge >= 0.3 is 0 Å². The van der Waals surface area contributed by atoms with Crippen molar-refractivity contribution in [2.45, 2.75) is 26.8 Å². The molecule has 0 radical (unpaired) electrons. The Morgan fingerprint density at radius 3 is 2.53 bits per heavy atom. The molecule has 0 aliphatic carbocycles. The number of carbonyl (C=O) groups excluding carboxylic acids is 1. The molecule has 0 atom stereocenters. The molecule has 0 aliphatic heterocycles. The first-order valence-corrected chi connectivity index (χ1v) is 5.91. The number of ketones is 1. The van der Waals surface area contributed by atoms with Crippen LogP contribution in [0.1, 0.15) is 35.6 Å². The summed E-state index contributed by atoms with van der Waals surface area (Å²) in [6.07, 6.45) is 4.48. The van der Waals surface area contributed by atoms with Crippen molar-refractivity contribution in [3.63, 3.8) is 0 Å². The number of benzene rings is 1. The first kappa shape index (κ1) is 11.6. The van der Waals surface area contributed by atoms with E-state index >= 15 is 0 Å². The molecule has 1 aromatic heterocycles. The van der Waals surface area contributed by atoms with E-state index in [-0.39, 0.29) is 5.78 Å². The van der Waals surface area contributed by atoms with Gasteiger partial charge in [-0.3, -0.25) is 4.79 Å². The first-order chi connectivity index (χ1) is 8.26. The molecule has 0 bridgehead atoms. The van der Waals surface area contributed by atoms with E-state index in [4.69, 9.17) is 0 Å². The molecule has 0 amide bonds. The Morgan fingerprint density at radius 1 is 1.24 bits per heavy atom. The Kier molecular flexibility index (Phi) is 3.38. The van der Waals surface area contributed by atoms with Crippen LogP contribution in [-0.2, 0) is 13.0 Å². The lowest BCUT2D eigenvalue weighted by molar-refractivity contribution is 0.102. The molecule has 2 rings (SSSR count). The van der Waals surface area contributed by atoms with Gasteiger partial charge in [-0.05, 0) is 18.9 Å². The van der Waals surface area contributed by atoms with Crippen LogP contribution in [-0.4, -0.2) is 15.3 Å². The van der Waals surface area contributed by atoms with Gasteiger partial charge in [0, 0.05) is 24.5 Å². The zero-order chi connectivity index (χ0) is 12.3. The lowest BCUT2D eigenvalue weighted by atomic mass is 10.1. The summed E-state index contributed by atoms with van der Waals surface area (Å²) in [7, 11) is 0. The number of rotatable bonds is 4. The molecular weight excluding hydrogens is 212 g/mol. The molecule has 0 saturated carbocycles. The fraction of sp³-hybridized carbons (Fsp3) is 0.286. The summed E-state index contributed by atoms with van der Waals surface area (Å²) >= 11 is 0. The normalized spacial score (nSPS) is 10.5. The van der Waals surface area contributed by atoms with Crippen LogP contribution >= 0.6 is 0 Å². The van der Waals surface area contributed by atoms with Crippen molar-refractivity contribution in [3.8, 4) is 0 Å². The van der Waals surface area contributed by atoms with E-state index < -0.39 is 0 Å². The number of hydrogen-bond donors (Lipinski definition) is 0. The van der Waals surface area contributed by atoms with Gasteiger partial charge in [0.1, 0.15) is 0 Å². The fourth-order valence-electron chi connectivity index (χ4n) is 1.79. The minimum absolute atomic E-state index is 0.0143. The molecule has 1 heterocycles. The molecule has 0 spiro atoms. The number of nitrogens with zero attached hydrogens (tertiary/aromatic N) is 2. The van der Waals surface area contributed by atoms with Gasteiger partial charge in [-0.2, -0.15) is 0 Å². The Labute approximate surface area is 101 Å². The Hall–Kier alpha value is -1.90. The number of carbonyl (C=O) groups is 1. The molecular formula is C14H16N2O. The molecule has 1 aromatic carbocycles. The molecule has 17 heavy (non-hydrogen) atoms. The van der Waals surface area contributed by atoms with E-state index in [2.05, 4.69) is 11.9 Å². The summed E-state index contributed by atoms with van der Waals surface area (Å²) in [5.41, 5.74) is 1.93. The van der Waals surface area contributed by atoms with Crippen LogP contribution in [0.25, 0.3) is 0 Å². The van der Waals surface area contributed by atoms with Gasteiger partial charge in [0.15, 0.2) is 5.82 Å². The minimum Gasteiger partial charge on any atom is -0.328 e. The van der Waals surface area contributed by atoms with Gasteiger partial charge in [-0.25, -0.2) is 4.98 Å². The summed E-state index contributed by atoms with van der Waals surface area (Å²) in [6.45, 7) is 4.85. The maximum Gasteiger partial charge on any atom is 0.228 e. The molecule has 0 unspecified atom stereocenters. The Balaban J connectivity index is 2.30. The van der Waals surface area contributed by atoms with Crippen LogP contribution in [0.15, 0.2) is 36.7 Å². The zero-order valence-corrected chi connectivity index (χ0v) is 10.2. The predicted molar refractivity (Wildman–Crippen MR) is 67.2 cm³/mol. The smallest absolute Gasteiger partial charge is 0.228 e. The average Bonchev–Trinajstić information content (AvgIpc) is 2.86. The van der Waals surface area contributed by atoms with E-state index in [0.29, 0.717) is 11.4 Å². The van der Waals surface area contributed by atoms with Crippen molar-refractivity contribution >= 4 is 5.78 Å². The number of aryl methyl sites for hydroxylation is 2. The number of aromatic nitrogens is 2. The number of imidazole rings is 1. The maximum absolute atomic E-state index is 12.2. The third kappa shape index (κ3) is 2.28. The molecule has 0 N–H and O–H groups in total. The van der Waals surface area contributed by atoms with Crippen LogP contribution in [0.5, 0.6) is 0 Å². The minimum atomic E-state index is -0.0143. The fourth-order valence-corrected chi connectivity index (χ4v) is 1.79. The van der Waals surface area contributed by atoms with Crippen molar-refractivity contribution in [1.29, 1.82) is 0 Å². The topological polar surface area (TPSA) is 34.9 Å². The van der Waals surface area contributed by atoms with Gasteiger partial charge in [-0.15, -0.1) is 0 Å². The van der Waals surface area contributed by atoms with Crippen LogP contribution in [0.3, 0.4) is 0 Å². The second-order valence-corrected chi connectivity index (χ2v) is 3.92. The Morgan fingerprint density at radius 2 is 1.94 bits per heavy atom. The standard InChI is InChI=1S/C14H16N2O/c1-3-11-5-7-12(8-6-11)13(17)14-15-9-10-16(14)4-2/h5-10H,3-4H2,1-2H3. The molecule has 2 aromatic rings. The van der Waals surface area contributed by atoms with Crippen LogP contribution in [0, 0.1) is 0 Å². The van der Waals surface area contributed by atoms with Crippen LogP contribution < -0.4 is 0 Å². The number of hydrogen-bond acceptors (Lipinski definition) is 2. The summed E-state index contributed by atoms with van der Waals surface area (Å²) in [5, 5.41) is 0. The zero-order valence-electron chi connectivity index (χ0n) is 10.2. The summed E-state index contributed by atoms with van der Waals surface area (Å²) in [4.78, 5) is 16.3. The molecule has 3 nitrogen and oxygen atoms in total. The molecule has 0 fully saturated rings. The highest BCUT2D eigenvalue weighted by atomic mass is 16.1. The SMILES string of the molecule is CCc1ccc(C(=O)c2nccn2CC)cc1. The van der Waals surface area contributed by atoms with E-state index in [1.54, 1.807) is 6.20 Å². The summed E-state index contributed by atoms with van der Waals surface area (Å²) < 4.78 is 1.86. The van der Waals surface area contributed by atoms with Gasteiger partial charge in [0.25, 0.3) is 0 Å². The van der Waals surface area contributed by atoms with Crippen LogP contribution in [0.4, 0.5) is 0 Å². The lowest BCUT2D eigenvalue weighted by Crippen LogP contribution is -2.10. The van der Waals surface area contributed by atoms with Gasteiger partial charge in [-0.1, -0.05) is 31.2 Å². The monoisotopic (exact) mass is 228 g/mol. The van der Waals surface area contributed by atoms with Gasteiger partial charge in [0.2, 0.25) is 5.78 Å². The summed E-state index contributed by atoms with van der Waals surface area (Å²) in [6, 6.07) is 7.73. The first-order valence-electron chi connectivity index (χ1n) is 5.91. The van der Waals surface area contributed by atoms with Crippen molar-refractivity contribution in [2.75, 3.05) is 0 Å². The molecule has 88 valence electrons. The van der Waals surface area contributed by atoms with E-state index in [0.717, 1.165) is 13.0 Å². The molecule has 0 saturated heterocycles. The van der Waals surface area contributed by atoms with Crippen molar-refractivity contribution < 1.29 is 4.79 Å². The van der Waals surface area contributed by atoms with Gasteiger partial charge in [0.05, 0.1) is 0 Å². The van der Waals surface area contributed by atoms with Crippen molar-refractivity contribution in [3.05, 3.63) is 53.6 Å². The predicted octanol–water partition coefficient (Wildman–Crippen LogP) is 2.70. The highest BCUT2D eigenvalue weighted by molar-refractivity contribution is 6.06. The lowest BCUT2D eigenvalue weighted by Gasteiger charge is -2.04. The highest BCUT2D eigenvalue weighted by Gasteiger charge is 2.13. The second kappa shape index (κ2) is 4.95. The third-order valence-electron chi connectivity index (χ3n) is 2.88. The average molecular weight is 228 g/mol. The molecule has 0 aliphatic rings. The van der Waals surface area contributed by atoms with E-state index in [1.165, 1.54) is 5.56 Å². The van der Waals surface area contributed by atoms with Crippen molar-refractivity contribution in [1.82, 2.24) is 9.55 Å². The molecule has 3 heteroatoms. The quantitative estimate of drug-likeness (QED) is 0.754. The van der Waals surface area contributed by atoms with E-state index in [9.17, 15) is 4.79 Å². The summed E-state index contributed by atoms with van der Waals surface area (Å²) in [5.74, 6) is 0.497. The van der Waals surface area contributed by atoms with Crippen molar-refractivity contribution in [2.24, 2.45) is 0 Å². The maximum atomic E-state index is 12.2. The largest absolute Gasteiger partial charge is 0.328 e. The second-order valence-electron chi connectivity index (χ2n) is 3.92. The third-order valence-corrected chi connectivity index (χ3v) is 2.88. The van der Waals surface area contributed by atoms with Gasteiger partial charge < -0.3 is 4.57 Å². The highest BCUT2D eigenvalue weighted by Crippen LogP contribution is 2.10. The van der Waals surface area contributed by atoms with E-state index in [1.807, 2.05) is 42.0 Å².